The van der Waals surface area contributed by atoms with Crippen molar-refractivity contribution >= 4 is 86.6 Å². The van der Waals surface area contributed by atoms with E-state index < -0.39 is 95.8 Å². The zero-order valence-electron chi connectivity index (χ0n) is 57.8. The highest BCUT2D eigenvalue weighted by molar-refractivity contribution is 7.10. The number of carbonyl (C=O) groups excluding carboxylic acids is 6. The lowest BCUT2D eigenvalue weighted by Gasteiger charge is -2.17. The third kappa shape index (κ3) is 23.0. The van der Waals surface area contributed by atoms with Crippen molar-refractivity contribution in [2.45, 2.75) is 133 Å². The van der Waals surface area contributed by atoms with Gasteiger partial charge in [0, 0.05) is 70.1 Å². The van der Waals surface area contributed by atoms with Crippen molar-refractivity contribution in [2.75, 3.05) is 32.7 Å². The number of nitrogens with zero attached hydrogens (tertiary/aromatic N) is 3. The molecule has 0 radical (unpaired) electrons. The number of hydrogen-bond donors (Lipinski definition) is 9. The van der Waals surface area contributed by atoms with E-state index in [4.69, 9.17) is 33.5 Å². The number of aromatic nitrogens is 4. The summed E-state index contributed by atoms with van der Waals surface area (Å²) in [5, 5.41) is 51.2. The standard InChI is InChI=1S/C21H23N3O3S.C21H24N2O5S.C19H21N3O3S.C13H17NO5S/c1-21(2)26-17(19-23-13-16(24-19)14-7-4-3-5-8-14)18(27-21)20(25)22-11-10-15-9-6-12-28-15;1-21(2)27-17(19(25)22-11-10-15-9-6-12-29-15)18(28-21)20(26)23-13-16(24)14-7-4-3-5-8-14;1-22-12-15(13-6-3-2-4-7-13)21-18(22)16(23)17(24)19(25)20-10-9-14-8-5-11-26-14;1-13(2)18-9(10(19-13)12(16)17)11(15)14-6-5-8-4-3-7-20-8/h3-9,12-13,17-18H,10-11H2,1-2H3,(H,22,25)(H,23,24);3-9,12,17-18H,10-11,13H2,1-2H3,(H,22,25)(H,23,26);2-8,11-12,16-17,23-24H,9-10H2,1H3,(H,20,25);3-4,7,9-10H,5-6H2,1-2H3,(H,14,15)(H,16,17)/t2*17-,18-;16-,17-;9-,10-/m1111/s1. The molecule has 0 spiro atoms. The molecule has 9 N–H and O–H groups in total. The van der Waals surface area contributed by atoms with Crippen LogP contribution in [0.2, 0.25) is 0 Å². The van der Waals surface area contributed by atoms with Crippen molar-refractivity contribution in [3.8, 4) is 22.5 Å². The molecule has 8 atom stereocenters. The average Bonchev–Trinajstić information content (AvgIpc) is 1.68. The number of benzene rings is 3. The van der Waals surface area contributed by atoms with E-state index in [1.54, 1.807) is 135 Å². The van der Waals surface area contributed by atoms with Gasteiger partial charge in [-0.15, -0.1) is 45.3 Å². The van der Waals surface area contributed by atoms with Crippen LogP contribution in [0.5, 0.6) is 0 Å². The fourth-order valence-corrected chi connectivity index (χ4v) is 13.8. The summed E-state index contributed by atoms with van der Waals surface area (Å²) in [6.45, 7) is 11.7. The zero-order valence-corrected chi connectivity index (χ0v) is 61.1. The van der Waals surface area contributed by atoms with Crippen molar-refractivity contribution in [1.82, 2.24) is 46.1 Å². The summed E-state index contributed by atoms with van der Waals surface area (Å²) in [5.41, 5.74) is 3.97. The van der Waals surface area contributed by atoms with Gasteiger partial charge in [-0.2, -0.15) is 0 Å². The van der Waals surface area contributed by atoms with Gasteiger partial charge in [0.1, 0.15) is 17.8 Å². The largest absolute Gasteiger partial charge is 0.479 e. The number of rotatable bonds is 26. The molecule has 25 nitrogen and oxygen atoms in total. The fraction of sp³-hybridized carbons (Fsp3) is 0.365. The second-order valence-corrected chi connectivity index (χ2v) is 29.3. The van der Waals surface area contributed by atoms with Gasteiger partial charge in [-0.3, -0.25) is 28.8 Å². The van der Waals surface area contributed by atoms with Crippen LogP contribution in [0, 0.1) is 0 Å². The lowest BCUT2D eigenvalue weighted by atomic mass is 10.1. The molecular formula is C74H85N9O16S4. The number of ketones is 1. The summed E-state index contributed by atoms with van der Waals surface area (Å²) < 4.78 is 35.4. The quantitative estimate of drug-likeness (QED) is 0.0229. The van der Waals surface area contributed by atoms with Crippen molar-refractivity contribution in [3.63, 3.8) is 0 Å². The molecule has 0 aliphatic carbocycles. The zero-order chi connectivity index (χ0) is 73.7. The molecule has 9 aromatic rings. The van der Waals surface area contributed by atoms with E-state index in [2.05, 4.69) is 47.6 Å². The molecule has 0 unspecified atom stereocenters. The van der Waals surface area contributed by atoms with Crippen molar-refractivity contribution in [3.05, 3.63) is 210 Å². The Morgan fingerprint density at radius 2 is 0.903 bits per heavy atom. The number of amides is 5. The number of carboxylic acids is 1. The molecule has 3 saturated heterocycles. The highest BCUT2D eigenvalue weighted by atomic mass is 32.1. The van der Waals surface area contributed by atoms with Gasteiger partial charge < -0.3 is 79.9 Å². The van der Waals surface area contributed by atoms with E-state index in [0.717, 1.165) is 37.9 Å². The second kappa shape index (κ2) is 37.0. The molecule has 0 bridgehead atoms. The van der Waals surface area contributed by atoms with Gasteiger partial charge in [0.25, 0.3) is 29.5 Å². The summed E-state index contributed by atoms with van der Waals surface area (Å²) in [6.07, 6.45) is -2.53. The maximum atomic E-state index is 12.8. The minimum absolute atomic E-state index is 0.185. The number of thiophene rings is 4. The molecule has 3 aliphatic rings. The average molecular weight is 1480 g/mol. The minimum Gasteiger partial charge on any atom is -0.479 e. The number of aliphatic carboxylic acids is 1. The lowest BCUT2D eigenvalue weighted by Crippen LogP contribution is -2.49. The summed E-state index contributed by atoms with van der Waals surface area (Å²) in [6, 6.07) is 44.0. The van der Waals surface area contributed by atoms with Crippen LogP contribution < -0.4 is 26.6 Å². The van der Waals surface area contributed by atoms with Gasteiger partial charge in [0.05, 0.1) is 24.1 Å². The predicted molar refractivity (Wildman–Crippen MR) is 390 cm³/mol. The Morgan fingerprint density at radius 1 is 0.505 bits per heavy atom. The van der Waals surface area contributed by atoms with Gasteiger partial charge in [-0.1, -0.05) is 115 Å². The number of carboxylic acid groups (broad SMARTS) is 1. The molecule has 0 saturated carbocycles. The molecule has 6 aromatic heterocycles. The van der Waals surface area contributed by atoms with Crippen molar-refractivity contribution in [2.24, 2.45) is 7.05 Å². The minimum atomic E-state index is -1.58. The Kier molecular flexibility index (Phi) is 28.1. The summed E-state index contributed by atoms with van der Waals surface area (Å²) in [4.78, 5) is 102. The number of carbonyl (C=O) groups is 7. The third-order valence-electron chi connectivity index (χ3n) is 15.9. The van der Waals surface area contributed by atoms with Crippen LogP contribution in [-0.2, 0) is 89.9 Å². The number of ether oxygens (including phenoxy) is 6. The number of hydrogen-bond acceptors (Lipinski definition) is 21. The van der Waals surface area contributed by atoms with E-state index in [0.29, 0.717) is 62.5 Å². The maximum Gasteiger partial charge on any atom is 0.336 e. The van der Waals surface area contributed by atoms with Crippen LogP contribution in [0.1, 0.15) is 95.3 Å². The van der Waals surface area contributed by atoms with Crippen LogP contribution in [-0.4, -0.2) is 163 Å². The molecule has 3 aliphatic heterocycles. The summed E-state index contributed by atoms with van der Waals surface area (Å²) in [5.74, 6) is -5.85. The Bertz CT molecular complexity index is 4160. The Labute approximate surface area is 612 Å². The fourth-order valence-electron chi connectivity index (χ4n) is 10.9. The Balaban J connectivity index is 0.000000161. The molecule has 3 fully saturated rings. The van der Waals surface area contributed by atoms with E-state index in [9.17, 15) is 43.8 Å². The lowest BCUT2D eigenvalue weighted by molar-refractivity contribution is -0.166. The number of nitrogens with one attached hydrogen (secondary N) is 6. The van der Waals surface area contributed by atoms with Gasteiger partial charge in [-0.25, -0.2) is 14.8 Å². The number of Topliss-reactive ketones (excluding diaryl/α,β-unsaturated/α-hetero) is 1. The maximum absolute atomic E-state index is 12.8. The first-order chi connectivity index (χ1) is 49.3. The van der Waals surface area contributed by atoms with Crippen molar-refractivity contribution in [1.29, 1.82) is 0 Å². The van der Waals surface area contributed by atoms with Gasteiger partial charge in [0.15, 0.2) is 65.9 Å². The van der Waals surface area contributed by atoms with Gasteiger partial charge >= 0.3 is 5.97 Å². The summed E-state index contributed by atoms with van der Waals surface area (Å²) in [7, 11) is 1.72. The number of aromatic amines is 1. The van der Waals surface area contributed by atoms with Crippen LogP contribution in [0.25, 0.3) is 22.5 Å². The molecule has 103 heavy (non-hydrogen) atoms. The monoisotopic (exact) mass is 1480 g/mol. The van der Waals surface area contributed by atoms with E-state index in [1.807, 2.05) is 131 Å². The van der Waals surface area contributed by atoms with Crippen LogP contribution >= 0.6 is 45.3 Å². The molecule has 12 rings (SSSR count). The molecule has 5 amide bonds. The topological polar surface area (TPSA) is 342 Å². The number of aliphatic hydroxyl groups excluding tert-OH is 2. The number of imidazole rings is 2. The molecule has 3 aromatic carbocycles. The first-order valence-electron chi connectivity index (χ1n) is 33.2. The molecule has 9 heterocycles. The van der Waals surface area contributed by atoms with Gasteiger partial charge in [0.2, 0.25) is 0 Å². The number of aliphatic hydroxyl groups is 2. The summed E-state index contributed by atoms with van der Waals surface area (Å²) >= 11 is 6.52. The first kappa shape index (κ1) is 78.2. The first-order valence-corrected chi connectivity index (χ1v) is 36.8. The number of aryl methyl sites for hydroxylation is 1. The highest BCUT2D eigenvalue weighted by Gasteiger charge is 2.51. The number of H-pyrrole nitrogens is 1. The van der Waals surface area contributed by atoms with Crippen LogP contribution in [0.3, 0.4) is 0 Å². The molecule has 29 heteroatoms. The van der Waals surface area contributed by atoms with Crippen molar-refractivity contribution < 1.29 is 77.3 Å². The molecular weight excluding hydrogens is 1400 g/mol. The second-order valence-electron chi connectivity index (χ2n) is 25.2. The predicted octanol–water partition coefficient (Wildman–Crippen LogP) is 8.53. The van der Waals surface area contributed by atoms with Crippen LogP contribution in [0.4, 0.5) is 0 Å². The van der Waals surface area contributed by atoms with Gasteiger partial charge in [-0.05, 0) is 119 Å². The Morgan fingerprint density at radius 3 is 1.36 bits per heavy atom. The Hall–Kier alpha value is -8.95. The normalized spacial score (nSPS) is 19.5. The third-order valence-corrected chi connectivity index (χ3v) is 19.6. The molecule has 546 valence electrons. The van der Waals surface area contributed by atoms with E-state index in [1.165, 1.54) is 4.88 Å². The van der Waals surface area contributed by atoms with E-state index in [-0.39, 0.29) is 24.1 Å². The highest BCUT2D eigenvalue weighted by Crippen LogP contribution is 2.38. The SMILES string of the molecule is CC1(C)O[C@@H](C(=O)NCCc2cccs2)[C@H](C(=O)NCC(=O)c2ccccc2)O1.CC1(C)O[C@@H](C(=O)NCCc2cccs2)[C@H](c2ncc(-c3ccccc3)[nH]2)O1.CC1(C)O[C@@H](C(=O)O)[C@H](C(=O)NCCc2cccs2)O1.Cn1cc(-c2ccccc2)nc1[C@H](O)[C@@H](O)C(=O)NCCc1cccs1. The van der Waals surface area contributed by atoms with Crippen LogP contribution in [0.15, 0.2) is 173 Å². The van der Waals surface area contributed by atoms with E-state index >= 15 is 0 Å². The smallest absolute Gasteiger partial charge is 0.336 e.